The Labute approximate surface area is 233 Å². The van der Waals surface area contributed by atoms with Gasteiger partial charge in [-0.3, -0.25) is 4.79 Å². The smallest absolute Gasteiger partial charge is 0.415 e. The monoisotopic (exact) mass is 550 g/mol. The fourth-order valence-corrected chi connectivity index (χ4v) is 5.26. The number of anilines is 1. The molecule has 2 N–H and O–H groups in total. The van der Waals surface area contributed by atoms with Crippen LogP contribution in [0, 0.1) is 5.41 Å². The number of nitrogens with zero attached hydrogens (tertiary/aromatic N) is 2. The van der Waals surface area contributed by atoms with E-state index in [1.165, 1.54) is 13.3 Å². The number of aliphatic imine (C=N–C) groups is 2. The van der Waals surface area contributed by atoms with Crippen LogP contribution < -0.4 is 15.4 Å². The molecular weight excluding hydrogens is 516 g/mol. The van der Waals surface area contributed by atoms with Gasteiger partial charge in [0.1, 0.15) is 40.6 Å². The third-order valence-electron chi connectivity index (χ3n) is 7.43. The fraction of sp³-hybridized carbons (Fsp3) is 0.448. The molecule has 0 bridgehead atoms. The first-order valence-corrected chi connectivity index (χ1v) is 13.0. The summed E-state index contributed by atoms with van der Waals surface area (Å²) in [7, 11) is 1.53. The summed E-state index contributed by atoms with van der Waals surface area (Å²) in [5.74, 6) is 0.727. The van der Waals surface area contributed by atoms with Gasteiger partial charge in [0.15, 0.2) is 0 Å². The second-order valence-corrected chi connectivity index (χ2v) is 11.5. The van der Waals surface area contributed by atoms with Gasteiger partial charge in [0.2, 0.25) is 0 Å². The van der Waals surface area contributed by atoms with E-state index in [0.29, 0.717) is 36.0 Å². The molecule has 4 aliphatic rings. The van der Waals surface area contributed by atoms with E-state index in [1.807, 2.05) is 19.9 Å². The van der Waals surface area contributed by atoms with Gasteiger partial charge in [-0.25, -0.2) is 20.1 Å². The quantitative estimate of drug-likeness (QED) is 0.583. The molecule has 0 aromatic heterocycles. The summed E-state index contributed by atoms with van der Waals surface area (Å²) < 4.78 is 28.8. The Balaban J connectivity index is 1.49. The highest BCUT2D eigenvalue weighted by Crippen LogP contribution is 2.62. The minimum atomic E-state index is -0.952. The number of amides is 2. The summed E-state index contributed by atoms with van der Waals surface area (Å²) >= 11 is 0. The Morgan fingerprint density at radius 2 is 1.80 bits per heavy atom. The van der Waals surface area contributed by atoms with Crippen molar-refractivity contribution >= 4 is 29.9 Å². The molecule has 0 saturated carbocycles. The Hall–Kier alpha value is -4.12. The predicted octanol–water partition coefficient (Wildman–Crippen LogP) is 3.97. The van der Waals surface area contributed by atoms with E-state index in [2.05, 4.69) is 15.6 Å². The van der Waals surface area contributed by atoms with Crippen LogP contribution in [0.2, 0.25) is 0 Å². The Morgan fingerprint density at radius 3 is 2.48 bits per heavy atom. The maximum absolute atomic E-state index is 13.1. The van der Waals surface area contributed by atoms with Crippen molar-refractivity contribution in [1.29, 1.82) is 0 Å². The van der Waals surface area contributed by atoms with E-state index >= 15 is 0 Å². The van der Waals surface area contributed by atoms with E-state index in [4.69, 9.17) is 28.7 Å². The maximum atomic E-state index is 13.1. The van der Waals surface area contributed by atoms with Crippen molar-refractivity contribution in [2.75, 3.05) is 32.2 Å². The molecule has 1 atom stereocenters. The number of allylic oxidation sites excluding steroid dienone is 5. The average Bonchev–Trinajstić information content (AvgIpc) is 3.21. The predicted molar refractivity (Wildman–Crippen MR) is 148 cm³/mol. The maximum Gasteiger partial charge on any atom is 0.415 e. The summed E-state index contributed by atoms with van der Waals surface area (Å²) in [6.45, 7) is 10.2. The summed E-state index contributed by atoms with van der Waals surface area (Å²) in [4.78, 5) is 34.9. The molecule has 40 heavy (non-hydrogen) atoms. The van der Waals surface area contributed by atoms with Gasteiger partial charge in [-0.1, -0.05) is 12.2 Å². The number of amidine groups is 1. The number of rotatable bonds is 3. The number of carbonyl (C=O) groups excluding carboxylic acids is 2. The molecule has 11 nitrogen and oxygen atoms in total. The van der Waals surface area contributed by atoms with Gasteiger partial charge in [-0.15, -0.1) is 0 Å². The number of carbonyl (C=O) groups is 2. The van der Waals surface area contributed by atoms with Crippen LogP contribution in [-0.2, 0) is 29.3 Å². The Morgan fingerprint density at radius 1 is 1.05 bits per heavy atom. The number of fused-ring (bicyclic) bond motifs is 3. The lowest BCUT2D eigenvalue weighted by Gasteiger charge is -2.61. The second-order valence-electron chi connectivity index (χ2n) is 11.5. The highest BCUT2D eigenvalue weighted by atomic mass is 16.6. The van der Waals surface area contributed by atoms with Crippen molar-refractivity contribution in [3.63, 3.8) is 0 Å². The molecule has 1 aromatic rings. The molecule has 1 fully saturated rings. The average molecular weight is 551 g/mol. The van der Waals surface area contributed by atoms with Gasteiger partial charge in [0.05, 0.1) is 32.0 Å². The number of nitrogens with one attached hydrogen (secondary N) is 2. The molecule has 2 spiro atoms. The van der Waals surface area contributed by atoms with Crippen molar-refractivity contribution in [1.82, 2.24) is 5.32 Å². The molecule has 5 rings (SSSR count). The first kappa shape index (κ1) is 27.4. The third kappa shape index (κ3) is 4.74. The molecule has 2 amide bonds. The van der Waals surface area contributed by atoms with Gasteiger partial charge in [0.25, 0.3) is 11.9 Å². The van der Waals surface area contributed by atoms with Crippen molar-refractivity contribution in [3.8, 4) is 5.75 Å². The molecule has 1 saturated heterocycles. The van der Waals surface area contributed by atoms with E-state index in [1.54, 1.807) is 57.2 Å². The number of methoxy groups -OCH3 is 1. The van der Waals surface area contributed by atoms with Gasteiger partial charge in [-0.05, 0) is 65.0 Å². The van der Waals surface area contributed by atoms with E-state index in [0.717, 1.165) is 0 Å². The van der Waals surface area contributed by atoms with Crippen LogP contribution in [0.5, 0.6) is 5.75 Å². The molecule has 0 aliphatic carbocycles. The van der Waals surface area contributed by atoms with Crippen LogP contribution in [-0.4, -0.2) is 62.4 Å². The van der Waals surface area contributed by atoms with E-state index in [-0.39, 0.29) is 18.3 Å². The molecule has 4 aliphatic heterocycles. The lowest BCUT2D eigenvalue weighted by Crippen LogP contribution is -2.71. The molecule has 1 aromatic carbocycles. The Bertz CT molecular complexity index is 1380. The summed E-state index contributed by atoms with van der Waals surface area (Å²) in [6.07, 6.45) is 7.66. The number of hydrogen-bond donors (Lipinski definition) is 2. The number of benzene rings is 1. The molecule has 0 radical (unpaired) electrons. The van der Waals surface area contributed by atoms with Crippen molar-refractivity contribution < 1.29 is 33.3 Å². The standard InChI is InChI=1S/C29H34N4O7/c1-26(2,3)40-25(35)32-24-33-29(17-38-24)20-13-18(11-12-22(20)39-27(4,5)28(29)15-37-16-28)31-23(34)21-10-8-7-9-19(36-6)14-30-21/h7-14H,15-17H2,1-6H3,(H,31,34)(H,32,33,35)/b8-7+,9-7?,10-8?,19-9-,19-14?,21-10-,30-14-,30-21?/t29-/m0/s1. The second kappa shape index (κ2) is 9.81. The number of hydrogen-bond acceptors (Lipinski definition) is 9. The zero-order chi connectivity index (χ0) is 28.8. The molecule has 212 valence electrons. The van der Waals surface area contributed by atoms with Crippen LogP contribution in [0.25, 0.3) is 0 Å². The minimum Gasteiger partial charge on any atom is -0.495 e. The first-order valence-electron chi connectivity index (χ1n) is 13.0. The molecule has 4 heterocycles. The normalized spacial score (nSPS) is 27.9. The largest absolute Gasteiger partial charge is 0.495 e. The zero-order valence-electron chi connectivity index (χ0n) is 23.5. The lowest BCUT2D eigenvalue weighted by atomic mass is 9.55. The number of ether oxygens (including phenoxy) is 5. The topological polar surface area (TPSA) is 129 Å². The van der Waals surface area contributed by atoms with Gasteiger partial charge < -0.3 is 29.0 Å². The number of alkyl carbamates (subject to hydrolysis) is 1. The molecule has 0 unspecified atom stereocenters. The van der Waals surface area contributed by atoms with Gasteiger partial charge >= 0.3 is 6.09 Å². The van der Waals surface area contributed by atoms with Crippen molar-refractivity contribution in [2.45, 2.75) is 51.4 Å². The highest BCUT2D eigenvalue weighted by Gasteiger charge is 2.71. The van der Waals surface area contributed by atoms with Crippen LogP contribution in [0.3, 0.4) is 0 Å². The highest BCUT2D eigenvalue weighted by molar-refractivity contribution is 6.05. The Kier molecular flexibility index (Phi) is 6.73. The van der Waals surface area contributed by atoms with Crippen molar-refractivity contribution in [2.24, 2.45) is 15.4 Å². The summed E-state index contributed by atoms with van der Waals surface area (Å²) in [6, 6.07) is 5.45. The summed E-state index contributed by atoms with van der Waals surface area (Å²) in [5, 5.41) is 5.55. The van der Waals surface area contributed by atoms with Crippen LogP contribution in [0.1, 0.15) is 40.2 Å². The lowest BCUT2D eigenvalue weighted by molar-refractivity contribution is -0.247. The minimum absolute atomic E-state index is 0.0569. The fourth-order valence-electron chi connectivity index (χ4n) is 5.26. The van der Waals surface area contributed by atoms with Gasteiger partial charge in [0, 0.05) is 11.3 Å². The third-order valence-corrected chi connectivity index (χ3v) is 7.43. The van der Waals surface area contributed by atoms with Crippen LogP contribution in [0.15, 0.2) is 63.9 Å². The molecular formula is C29H34N4O7. The van der Waals surface area contributed by atoms with E-state index in [9.17, 15) is 9.59 Å². The molecule has 11 heteroatoms. The zero-order valence-corrected chi connectivity index (χ0v) is 23.5. The van der Waals surface area contributed by atoms with Gasteiger partial charge in [-0.2, -0.15) is 0 Å². The SMILES string of the molecule is COC1=C\C=C\C=C(C(=O)Nc2ccc3c(c2)[C@@]2(COC(NC(=O)OC(C)(C)C)=N2)C2(COC2)C(C)(C)O3)/N=C\1. The first-order chi connectivity index (χ1) is 18.9. The van der Waals surface area contributed by atoms with Crippen LogP contribution in [0.4, 0.5) is 10.5 Å². The van der Waals surface area contributed by atoms with E-state index < -0.39 is 34.2 Å². The van der Waals surface area contributed by atoms with Crippen LogP contribution >= 0.6 is 0 Å². The summed E-state index contributed by atoms with van der Waals surface area (Å²) in [5.41, 5.74) is -1.45. The van der Waals surface area contributed by atoms with Crippen molar-refractivity contribution in [3.05, 3.63) is 59.5 Å².